The van der Waals surface area contributed by atoms with Gasteiger partial charge in [0.1, 0.15) is 10.6 Å². The number of hydrogen-bond donors (Lipinski definition) is 0. The molecule has 2 atom stereocenters. The van der Waals surface area contributed by atoms with Gasteiger partial charge in [-0.2, -0.15) is 16.1 Å². The van der Waals surface area contributed by atoms with Crippen molar-refractivity contribution < 1.29 is 17.7 Å². The first kappa shape index (κ1) is 14.4. The summed E-state index contributed by atoms with van der Waals surface area (Å²) >= 11 is 1.80. The standard InChI is InChI=1S/C12H18N2O4S2/c1-8-12(9(2)18-13-8)20(15,16)14-4-6-19-11-7-17-5-3-10(11)14/h10-11H,3-7H2,1-2H3/t10-,11+/m1/s1. The highest BCUT2D eigenvalue weighted by molar-refractivity contribution is 8.00. The van der Waals surface area contributed by atoms with Gasteiger partial charge < -0.3 is 9.26 Å². The molecule has 3 rings (SSSR count). The van der Waals surface area contributed by atoms with E-state index in [1.165, 1.54) is 0 Å². The Morgan fingerprint density at radius 1 is 1.40 bits per heavy atom. The van der Waals surface area contributed by atoms with E-state index in [9.17, 15) is 8.42 Å². The van der Waals surface area contributed by atoms with Gasteiger partial charge in [0.2, 0.25) is 10.0 Å². The van der Waals surface area contributed by atoms with Crippen molar-refractivity contribution in [3.05, 3.63) is 11.5 Å². The first-order chi connectivity index (χ1) is 9.51. The number of nitrogens with zero attached hydrogens (tertiary/aromatic N) is 2. The van der Waals surface area contributed by atoms with Crippen LogP contribution < -0.4 is 0 Å². The van der Waals surface area contributed by atoms with Crippen molar-refractivity contribution in [1.29, 1.82) is 0 Å². The molecule has 112 valence electrons. The minimum absolute atomic E-state index is 0.0150. The van der Waals surface area contributed by atoms with Crippen LogP contribution in [0.5, 0.6) is 0 Å². The van der Waals surface area contributed by atoms with Crippen molar-refractivity contribution in [2.45, 2.75) is 36.5 Å². The Morgan fingerprint density at radius 3 is 2.90 bits per heavy atom. The van der Waals surface area contributed by atoms with Gasteiger partial charge in [-0.15, -0.1) is 0 Å². The molecule has 3 heterocycles. The second-order valence-corrected chi connectivity index (χ2v) is 8.28. The van der Waals surface area contributed by atoms with Gasteiger partial charge in [-0.3, -0.25) is 0 Å². The molecule has 0 amide bonds. The maximum absolute atomic E-state index is 12.9. The summed E-state index contributed by atoms with van der Waals surface area (Å²) in [5, 5.41) is 4.00. The molecule has 0 aromatic carbocycles. The monoisotopic (exact) mass is 318 g/mol. The molecule has 8 heteroatoms. The van der Waals surface area contributed by atoms with Crippen LogP contribution in [0.25, 0.3) is 0 Å². The van der Waals surface area contributed by atoms with E-state index >= 15 is 0 Å². The molecule has 0 unspecified atom stereocenters. The zero-order valence-electron chi connectivity index (χ0n) is 11.5. The fourth-order valence-corrected chi connectivity index (χ4v) is 6.39. The van der Waals surface area contributed by atoms with Gasteiger partial charge in [0, 0.05) is 30.2 Å². The van der Waals surface area contributed by atoms with Crippen LogP contribution in [0.1, 0.15) is 17.9 Å². The number of thioether (sulfide) groups is 1. The number of hydrogen-bond acceptors (Lipinski definition) is 6. The lowest BCUT2D eigenvalue weighted by Gasteiger charge is -2.42. The zero-order valence-corrected chi connectivity index (χ0v) is 13.2. The molecule has 0 spiro atoms. The summed E-state index contributed by atoms with van der Waals surface area (Å²) in [5.41, 5.74) is 0.435. The number of sulfonamides is 1. The summed E-state index contributed by atoms with van der Waals surface area (Å²) in [7, 11) is -3.54. The highest BCUT2D eigenvalue weighted by Crippen LogP contribution is 2.35. The van der Waals surface area contributed by atoms with E-state index in [0.717, 1.165) is 12.2 Å². The van der Waals surface area contributed by atoms with E-state index in [-0.39, 0.29) is 16.2 Å². The number of rotatable bonds is 2. The molecule has 0 radical (unpaired) electrons. The Labute approximate surface area is 122 Å². The van der Waals surface area contributed by atoms with Gasteiger partial charge >= 0.3 is 0 Å². The molecule has 6 nitrogen and oxygen atoms in total. The van der Waals surface area contributed by atoms with Crippen molar-refractivity contribution in [1.82, 2.24) is 9.46 Å². The first-order valence-corrected chi connectivity index (χ1v) is 9.15. The Hall–Kier alpha value is -0.570. The molecule has 2 saturated heterocycles. The maximum Gasteiger partial charge on any atom is 0.248 e. The molecule has 1 aromatic heterocycles. The molecular weight excluding hydrogens is 300 g/mol. The Morgan fingerprint density at radius 2 is 2.20 bits per heavy atom. The molecule has 2 aliphatic heterocycles. The second kappa shape index (κ2) is 5.32. The topological polar surface area (TPSA) is 72.6 Å². The second-order valence-electron chi connectivity index (χ2n) is 5.11. The van der Waals surface area contributed by atoms with Crippen LogP contribution in [0.2, 0.25) is 0 Å². The van der Waals surface area contributed by atoms with Crippen LogP contribution in [0.4, 0.5) is 0 Å². The molecule has 20 heavy (non-hydrogen) atoms. The van der Waals surface area contributed by atoms with Gasteiger partial charge in [0.05, 0.1) is 6.61 Å². The van der Waals surface area contributed by atoms with Gasteiger partial charge in [-0.25, -0.2) is 8.42 Å². The Kier molecular flexibility index (Phi) is 3.83. The average Bonchev–Trinajstić information content (AvgIpc) is 2.78. The van der Waals surface area contributed by atoms with Gasteiger partial charge in [0.25, 0.3) is 0 Å². The fraction of sp³-hybridized carbons (Fsp3) is 0.750. The van der Waals surface area contributed by atoms with Crippen molar-refractivity contribution >= 4 is 21.8 Å². The third-order valence-corrected chi connectivity index (χ3v) is 7.28. The van der Waals surface area contributed by atoms with Crippen molar-refractivity contribution in [3.8, 4) is 0 Å². The summed E-state index contributed by atoms with van der Waals surface area (Å²) in [6.45, 7) is 5.10. The predicted octanol–water partition coefficient (Wildman–Crippen LogP) is 1.19. The molecular formula is C12H18N2O4S2. The lowest BCUT2D eigenvalue weighted by atomic mass is 10.1. The van der Waals surface area contributed by atoms with Crippen LogP contribution in [-0.2, 0) is 14.8 Å². The minimum atomic E-state index is -3.54. The molecule has 0 saturated carbocycles. The smallest absolute Gasteiger partial charge is 0.248 e. The molecule has 0 bridgehead atoms. The summed E-state index contributed by atoms with van der Waals surface area (Å²) in [5.74, 6) is 1.16. The fourth-order valence-electron chi connectivity index (χ4n) is 2.91. The van der Waals surface area contributed by atoms with E-state index in [1.54, 1.807) is 29.9 Å². The van der Waals surface area contributed by atoms with E-state index in [1.807, 2.05) is 0 Å². The van der Waals surface area contributed by atoms with Gasteiger partial charge in [-0.05, 0) is 20.3 Å². The number of aryl methyl sites for hydroxylation is 2. The van der Waals surface area contributed by atoms with Gasteiger partial charge in [-0.1, -0.05) is 5.16 Å². The SMILES string of the molecule is Cc1noc(C)c1S(=O)(=O)N1CCS[C@H]2COCC[C@H]21. The lowest BCUT2D eigenvalue weighted by Crippen LogP contribution is -2.54. The zero-order chi connectivity index (χ0) is 14.3. The molecule has 0 aliphatic carbocycles. The summed E-state index contributed by atoms with van der Waals surface area (Å²) in [4.78, 5) is 0.231. The first-order valence-electron chi connectivity index (χ1n) is 6.66. The molecule has 0 N–H and O–H groups in total. The summed E-state index contributed by atoms with van der Waals surface area (Å²) in [6, 6.07) is 0.0150. The van der Waals surface area contributed by atoms with E-state index in [4.69, 9.17) is 9.26 Å². The highest BCUT2D eigenvalue weighted by Gasteiger charge is 2.42. The van der Waals surface area contributed by atoms with E-state index in [0.29, 0.717) is 31.2 Å². The number of ether oxygens (including phenoxy) is 1. The van der Waals surface area contributed by atoms with E-state index < -0.39 is 10.0 Å². The third kappa shape index (κ3) is 2.28. The van der Waals surface area contributed by atoms with Crippen LogP contribution in [0.3, 0.4) is 0 Å². The quantitative estimate of drug-likeness (QED) is 0.815. The normalized spacial score (nSPS) is 28.3. The molecule has 2 fully saturated rings. The van der Waals surface area contributed by atoms with Crippen LogP contribution in [0.15, 0.2) is 9.42 Å². The van der Waals surface area contributed by atoms with Crippen molar-refractivity contribution in [3.63, 3.8) is 0 Å². The van der Waals surface area contributed by atoms with Crippen LogP contribution >= 0.6 is 11.8 Å². The number of aromatic nitrogens is 1. The van der Waals surface area contributed by atoms with Crippen LogP contribution in [0, 0.1) is 13.8 Å². The van der Waals surface area contributed by atoms with Crippen molar-refractivity contribution in [2.24, 2.45) is 0 Å². The Balaban J connectivity index is 1.98. The maximum atomic E-state index is 12.9. The number of fused-ring (bicyclic) bond motifs is 1. The summed E-state index contributed by atoms with van der Waals surface area (Å²) < 4.78 is 38.0. The van der Waals surface area contributed by atoms with Gasteiger partial charge in [0.15, 0.2) is 5.76 Å². The lowest BCUT2D eigenvalue weighted by molar-refractivity contribution is 0.0625. The average molecular weight is 318 g/mol. The molecule has 1 aromatic rings. The largest absolute Gasteiger partial charge is 0.380 e. The molecule has 2 aliphatic rings. The highest BCUT2D eigenvalue weighted by atomic mass is 32.2. The summed E-state index contributed by atoms with van der Waals surface area (Å²) in [6.07, 6.45) is 0.750. The Bertz CT molecular complexity index is 577. The third-order valence-electron chi connectivity index (χ3n) is 3.82. The van der Waals surface area contributed by atoms with Crippen LogP contribution in [-0.4, -0.2) is 54.7 Å². The van der Waals surface area contributed by atoms with Crippen molar-refractivity contribution in [2.75, 3.05) is 25.5 Å². The minimum Gasteiger partial charge on any atom is -0.380 e. The predicted molar refractivity (Wildman–Crippen MR) is 75.3 cm³/mol. The van der Waals surface area contributed by atoms with E-state index in [2.05, 4.69) is 5.16 Å².